The average Bonchev–Trinajstić information content (AvgIpc) is 3.52. The van der Waals surface area contributed by atoms with Crippen LogP contribution in [0.25, 0.3) is 11.0 Å². The number of ether oxygens (including phenoxy) is 2. The van der Waals surface area contributed by atoms with Gasteiger partial charge in [-0.1, -0.05) is 25.1 Å². The normalized spacial score (nSPS) is 14.4. The Labute approximate surface area is 191 Å². The summed E-state index contributed by atoms with van der Waals surface area (Å²) < 4.78 is 13.7. The molecule has 1 aliphatic carbocycles. The van der Waals surface area contributed by atoms with Crippen molar-refractivity contribution in [1.82, 2.24) is 19.1 Å². The van der Waals surface area contributed by atoms with Gasteiger partial charge in [0.1, 0.15) is 11.3 Å². The van der Waals surface area contributed by atoms with E-state index in [1.54, 1.807) is 0 Å². The van der Waals surface area contributed by atoms with Crippen LogP contribution in [0, 0.1) is 12.3 Å². The van der Waals surface area contributed by atoms with E-state index in [2.05, 4.69) is 16.9 Å². The van der Waals surface area contributed by atoms with Gasteiger partial charge in [-0.3, -0.25) is 23.7 Å². The lowest BCUT2D eigenvalue weighted by Gasteiger charge is -2.13. The van der Waals surface area contributed by atoms with Crippen LogP contribution >= 0.6 is 0 Å². The molecule has 0 amide bonds. The van der Waals surface area contributed by atoms with Crippen molar-refractivity contribution in [2.24, 2.45) is 12.5 Å². The van der Waals surface area contributed by atoms with Crippen molar-refractivity contribution in [2.45, 2.75) is 52.5 Å². The van der Waals surface area contributed by atoms with Gasteiger partial charge in [0.05, 0.1) is 13.2 Å². The molecule has 1 N–H and O–H groups in total. The molecule has 0 radical (unpaired) electrons. The molecule has 4 rings (SSSR count). The van der Waals surface area contributed by atoms with E-state index >= 15 is 0 Å². The second-order valence-electron chi connectivity index (χ2n) is 9.10. The Morgan fingerprint density at radius 1 is 1.09 bits per heavy atom. The lowest BCUT2D eigenvalue weighted by atomic mass is 10.0. The minimum Gasteiger partial charge on any atom is -0.493 e. The first kappa shape index (κ1) is 22.8. The summed E-state index contributed by atoms with van der Waals surface area (Å²) in [6.07, 6.45) is 4.67. The average molecular weight is 455 g/mol. The molecule has 1 fully saturated rings. The zero-order valence-electron chi connectivity index (χ0n) is 19.3. The Bertz CT molecular complexity index is 1330. The molecule has 1 aliphatic rings. The number of hydrogen-bond acceptors (Lipinski definition) is 6. The monoisotopic (exact) mass is 454 g/mol. The molecule has 0 unspecified atom stereocenters. The van der Waals surface area contributed by atoms with E-state index in [0.717, 1.165) is 28.7 Å². The number of aromatic amines is 1. The predicted molar refractivity (Wildman–Crippen MR) is 125 cm³/mol. The standard InChI is InChI=1S/C24H30N4O5/c1-16-8-4-5-9-17(16)32-14-7-15-33-22-25-18-19(20(29)26-22)28(23(31)27(3)21(18)30)13-6-10-24(2)11-12-24/h4-5,8-9H,6-7,10-15H2,1-3H3,(H,25,26,29). The molecule has 0 saturated heterocycles. The maximum absolute atomic E-state index is 12.8. The maximum Gasteiger partial charge on any atom is 0.331 e. The van der Waals surface area contributed by atoms with E-state index in [4.69, 9.17) is 9.47 Å². The summed E-state index contributed by atoms with van der Waals surface area (Å²) in [7, 11) is 1.40. The lowest BCUT2D eigenvalue weighted by molar-refractivity contribution is 0.235. The van der Waals surface area contributed by atoms with E-state index < -0.39 is 16.8 Å². The quantitative estimate of drug-likeness (QED) is 0.472. The first-order valence-corrected chi connectivity index (χ1v) is 11.3. The number of H-pyrrole nitrogens is 1. The Kier molecular flexibility index (Phi) is 6.40. The number of rotatable bonds is 10. The van der Waals surface area contributed by atoms with Crippen LogP contribution in [0.5, 0.6) is 11.8 Å². The van der Waals surface area contributed by atoms with E-state index in [1.807, 2.05) is 31.2 Å². The van der Waals surface area contributed by atoms with Crippen molar-refractivity contribution in [3.63, 3.8) is 0 Å². The van der Waals surface area contributed by atoms with Crippen LogP contribution in [0.3, 0.4) is 0 Å². The van der Waals surface area contributed by atoms with Gasteiger partial charge in [0.25, 0.3) is 17.1 Å². The molecule has 0 aliphatic heterocycles. The van der Waals surface area contributed by atoms with Gasteiger partial charge in [-0.05, 0) is 49.7 Å². The van der Waals surface area contributed by atoms with Gasteiger partial charge in [-0.15, -0.1) is 0 Å². The number of nitrogens with one attached hydrogen (secondary N) is 1. The molecule has 1 aromatic carbocycles. The van der Waals surface area contributed by atoms with E-state index in [9.17, 15) is 14.4 Å². The molecule has 33 heavy (non-hydrogen) atoms. The molecule has 0 bridgehead atoms. The zero-order valence-corrected chi connectivity index (χ0v) is 19.3. The molecule has 0 spiro atoms. The van der Waals surface area contributed by atoms with Gasteiger partial charge in [-0.25, -0.2) is 4.79 Å². The van der Waals surface area contributed by atoms with Crippen molar-refractivity contribution in [3.8, 4) is 11.8 Å². The molecule has 9 heteroatoms. The first-order chi connectivity index (χ1) is 15.8. The molecule has 1 saturated carbocycles. The second kappa shape index (κ2) is 9.25. The smallest absolute Gasteiger partial charge is 0.331 e. The van der Waals surface area contributed by atoms with Crippen LogP contribution in [0.4, 0.5) is 0 Å². The molecular weight excluding hydrogens is 424 g/mol. The third-order valence-electron chi connectivity index (χ3n) is 6.31. The highest BCUT2D eigenvalue weighted by molar-refractivity contribution is 5.72. The molecule has 3 aromatic rings. The van der Waals surface area contributed by atoms with Gasteiger partial charge >= 0.3 is 5.69 Å². The Morgan fingerprint density at radius 3 is 2.55 bits per heavy atom. The van der Waals surface area contributed by atoms with Gasteiger partial charge in [0.2, 0.25) is 0 Å². The van der Waals surface area contributed by atoms with Crippen molar-refractivity contribution in [1.29, 1.82) is 0 Å². The summed E-state index contributed by atoms with van der Waals surface area (Å²) in [4.78, 5) is 45.0. The molecule has 2 aromatic heterocycles. The van der Waals surface area contributed by atoms with Crippen LogP contribution in [0.15, 0.2) is 38.6 Å². The number of aryl methyl sites for hydroxylation is 2. The Balaban J connectivity index is 1.47. The van der Waals surface area contributed by atoms with E-state index in [-0.39, 0.29) is 23.7 Å². The fraction of sp³-hybridized carbons (Fsp3) is 0.500. The summed E-state index contributed by atoms with van der Waals surface area (Å²) in [5.41, 5.74) is -0.356. The summed E-state index contributed by atoms with van der Waals surface area (Å²) in [6, 6.07) is 7.69. The highest BCUT2D eigenvalue weighted by Crippen LogP contribution is 2.48. The molecule has 9 nitrogen and oxygen atoms in total. The Hall–Kier alpha value is -3.36. The van der Waals surface area contributed by atoms with Gasteiger partial charge in [0, 0.05) is 20.0 Å². The summed E-state index contributed by atoms with van der Waals surface area (Å²) in [6.45, 7) is 5.24. The SMILES string of the molecule is Cc1ccccc1OCCCOc1nc2c(=O)n(C)c(=O)n(CCCC3(C)CC3)c2c(=O)[nH]1. The fourth-order valence-electron chi connectivity index (χ4n) is 3.90. The third kappa shape index (κ3) is 5.02. The van der Waals surface area contributed by atoms with Crippen molar-refractivity contribution in [3.05, 3.63) is 61.0 Å². The number of fused-ring (bicyclic) bond motifs is 1. The van der Waals surface area contributed by atoms with Crippen LogP contribution in [0.1, 0.15) is 44.6 Å². The fourth-order valence-corrected chi connectivity index (χ4v) is 3.90. The van der Waals surface area contributed by atoms with Crippen molar-refractivity contribution in [2.75, 3.05) is 13.2 Å². The number of nitrogens with zero attached hydrogens (tertiary/aromatic N) is 3. The summed E-state index contributed by atoms with van der Waals surface area (Å²) >= 11 is 0. The zero-order chi connectivity index (χ0) is 23.6. The van der Waals surface area contributed by atoms with Crippen LogP contribution in [-0.4, -0.2) is 32.3 Å². The maximum atomic E-state index is 12.8. The van der Waals surface area contributed by atoms with Gasteiger partial charge in [-0.2, -0.15) is 4.98 Å². The Morgan fingerprint density at radius 2 is 1.82 bits per heavy atom. The van der Waals surface area contributed by atoms with Gasteiger partial charge in [0.15, 0.2) is 5.52 Å². The van der Waals surface area contributed by atoms with Crippen molar-refractivity contribution < 1.29 is 9.47 Å². The summed E-state index contributed by atoms with van der Waals surface area (Å²) in [5.74, 6) is 0.812. The van der Waals surface area contributed by atoms with E-state index in [1.165, 1.54) is 24.5 Å². The van der Waals surface area contributed by atoms with Crippen LogP contribution in [0.2, 0.25) is 0 Å². The van der Waals surface area contributed by atoms with Crippen LogP contribution < -0.4 is 26.3 Å². The second-order valence-corrected chi connectivity index (χ2v) is 9.10. The molecule has 176 valence electrons. The highest BCUT2D eigenvalue weighted by atomic mass is 16.5. The molecule has 0 atom stereocenters. The lowest BCUT2D eigenvalue weighted by Crippen LogP contribution is -2.41. The summed E-state index contributed by atoms with van der Waals surface area (Å²) in [5, 5.41) is 0. The minimum atomic E-state index is -0.612. The third-order valence-corrected chi connectivity index (χ3v) is 6.31. The number of benzene rings is 1. The van der Waals surface area contributed by atoms with Gasteiger partial charge < -0.3 is 9.47 Å². The first-order valence-electron chi connectivity index (χ1n) is 11.3. The number of hydrogen-bond donors (Lipinski definition) is 1. The predicted octanol–water partition coefficient (Wildman–Crippen LogP) is 2.52. The highest BCUT2D eigenvalue weighted by Gasteiger charge is 2.36. The van der Waals surface area contributed by atoms with Crippen LogP contribution in [-0.2, 0) is 13.6 Å². The molecular formula is C24H30N4O5. The topological polar surface area (TPSA) is 108 Å². The number of aromatic nitrogens is 4. The number of para-hydroxylation sites is 1. The molecule has 2 heterocycles. The largest absolute Gasteiger partial charge is 0.493 e. The van der Waals surface area contributed by atoms with E-state index in [0.29, 0.717) is 25.0 Å². The van der Waals surface area contributed by atoms with Crippen molar-refractivity contribution >= 4 is 11.0 Å². The minimum absolute atomic E-state index is 0.000661.